The Bertz CT molecular complexity index is 266. The SMILES string of the molecule is CCN(CC(C)C#N)C(=O)CC1CCCN1. The van der Waals surface area contributed by atoms with Crippen LogP contribution in [-0.2, 0) is 4.79 Å². The highest BCUT2D eigenvalue weighted by atomic mass is 16.2. The Hall–Kier alpha value is -1.08. The van der Waals surface area contributed by atoms with E-state index in [0.29, 0.717) is 25.6 Å². The van der Waals surface area contributed by atoms with E-state index in [0.717, 1.165) is 13.0 Å². The van der Waals surface area contributed by atoms with Crippen LogP contribution in [0.2, 0.25) is 0 Å². The van der Waals surface area contributed by atoms with E-state index in [1.54, 1.807) is 4.90 Å². The molecule has 2 unspecified atom stereocenters. The molecule has 0 aromatic heterocycles. The second-order valence-corrected chi connectivity index (χ2v) is 4.46. The van der Waals surface area contributed by atoms with Crippen LogP contribution < -0.4 is 5.32 Å². The average Bonchev–Trinajstić information content (AvgIpc) is 2.77. The molecule has 1 fully saturated rings. The fourth-order valence-corrected chi connectivity index (χ4v) is 2.05. The Kier molecular flexibility index (Phi) is 5.27. The van der Waals surface area contributed by atoms with Crippen LogP contribution in [0, 0.1) is 17.2 Å². The zero-order valence-electron chi connectivity index (χ0n) is 10.2. The summed E-state index contributed by atoms with van der Waals surface area (Å²) in [5.74, 6) is 0.0874. The van der Waals surface area contributed by atoms with Crippen molar-refractivity contribution in [1.29, 1.82) is 5.26 Å². The van der Waals surface area contributed by atoms with Crippen molar-refractivity contribution in [2.75, 3.05) is 19.6 Å². The van der Waals surface area contributed by atoms with Crippen molar-refractivity contribution in [3.63, 3.8) is 0 Å². The van der Waals surface area contributed by atoms with E-state index >= 15 is 0 Å². The lowest BCUT2D eigenvalue weighted by Gasteiger charge is -2.23. The van der Waals surface area contributed by atoms with E-state index in [9.17, 15) is 4.79 Å². The maximum atomic E-state index is 12.0. The first-order valence-electron chi connectivity index (χ1n) is 6.08. The molecule has 2 atom stereocenters. The summed E-state index contributed by atoms with van der Waals surface area (Å²) in [5, 5.41) is 12.1. The van der Waals surface area contributed by atoms with Crippen molar-refractivity contribution in [2.45, 2.75) is 39.2 Å². The van der Waals surface area contributed by atoms with Gasteiger partial charge in [-0.25, -0.2) is 0 Å². The smallest absolute Gasteiger partial charge is 0.224 e. The van der Waals surface area contributed by atoms with Crippen molar-refractivity contribution in [2.24, 2.45) is 5.92 Å². The van der Waals surface area contributed by atoms with Gasteiger partial charge in [0.05, 0.1) is 12.0 Å². The Morgan fingerprint density at radius 1 is 1.69 bits per heavy atom. The van der Waals surface area contributed by atoms with E-state index in [2.05, 4.69) is 11.4 Å². The number of nitrogens with zero attached hydrogens (tertiary/aromatic N) is 2. The first kappa shape index (κ1) is 13.0. The molecule has 4 heteroatoms. The monoisotopic (exact) mass is 223 g/mol. The minimum atomic E-state index is -0.0829. The lowest BCUT2D eigenvalue weighted by atomic mass is 10.1. The molecule has 0 bridgehead atoms. The van der Waals surface area contributed by atoms with E-state index in [-0.39, 0.29) is 11.8 Å². The second kappa shape index (κ2) is 6.49. The number of nitrogens with one attached hydrogen (secondary N) is 1. The third-order valence-electron chi connectivity index (χ3n) is 3.03. The van der Waals surface area contributed by atoms with Gasteiger partial charge in [-0.2, -0.15) is 5.26 Å². The summed E-state index contributed by atoms with van der Waals surface area (Å²) in [6.07, 6.45) is 2.84. The van der Waals surface area contributed by atoms with Crippen molar-refractivity contribution < 1.29 is 4.79 Å². The van der Waals surface area contributed by atoms with Crippen LogP contribution in [0.15, 0.2) is 0 Å². The highest BCUT2D eigenvalue weighted by molar-refractivity contribution is 5.76. The Morgan fingerprint density at radius 3 is 2.94 bits per heavy atom. The zero-order valence-corrected chi connectivity index (χ0v) is 10.2. The molecule has 0 saturated carbocycles. The molecule has 0 aliphatic carbocycles. The lowest BCUT2D eigenvalue weighted by molar-refractivity contribution is -0.131. The van der Waals surface area contributed by atoms with Gasteiger partial charge in [0.1, 0.15) is 0 Å². The Morgan fingerprint density at radius 2 is 2.44 bits per heavy atom. The summed E-state index contributed by atoms with van der Waals surface area (Å²) in [4.78, 5) is 13.7. The molecule has 1 saturated heterocycles. The minimum absolute atomic E-state index is 0.0829. The predicted octanol–water partition coefficient (Wildman–Crippen LogP) is 1.14. The van der Waals surface area contributed by atoms with Gasteiger partial charge in [-0.1, -0.05) is 0 Å². The minimum Gasteiger partial charge on any atom is -0.342 e. The number of hydrogen-bond donors (Lipinski definition) is 1. The summed E-state index contributed by atoms with van der Waals surface area (Å²) in [6.45, 7) is 6.09. The molecular weight excluding hydrogens is 202 g/mol. The maximum absolute atomic E-state index is 12.0. The first-order chi connectivity index (χ1) is 7.67. The average molecular weight is 223 g/mol. The van der Waals surface area contributed by atoms with Crippen molar-refractivity contribution >= 4 is 5.91 Å². The third-order valence-corrected chi connectivity index (χ3v) is 3.03. The molecule has 1 heterocycles. The molecule has 0 aromatic carbocycles. The predicted molar refractivity (Wildman–Crippen MR) is 62.7 cm³/mol. The Labute approximate surface area is 97.6 Å². The highest BCUT2D eigenvalue weighted by Gasteiger charge is 2.21. The van der Waals surface area contributed by atoms with Gasteiger partial charge < -0.3 is 10.2 Å². The lowest BCUT2D eigenvalue weighted by Crippen LogP contribution is -2.38. The van der Waals surface area contributed by atoms with Crippen molar-refractivity contribution in [3.05, 3.63) is 0 Å². The maximum Gasteiger partial charge on any atom is 0.224 e. The molecular formula is C12H21N3O. The van der Waals surface area contributed by atoms with Gasteiger partial charge in [0.25, 0.3) is 0 Å². The second-order valence-electron chi connectivity index (χ2n) is 4.46. The van der Waals surface area contributed by atoms with Gasteiger partial charge in [0.15, 0.2) is 0 Å². The molecule has 1 rings (SSSR count). The van der Waals surface area contributed by atoms with Crippen LogP contribution in [0.5, 0.6) is 0 Å². The topological polar surface area (TPSA) is 56.1 Å². The normalized spacial score (nSPS) is 21.4. The molecule has 0 spiro atoms. The fourth-order valence-electron chi connectivity index (χ4n) is 2.05. The van der Waals surface area contributed by atoms with E-state index in [1.807, 2.05) is 13.8 Å². The number of nitriles is 1. The molecule has 90 valence electrons. The van der Waals surface area contributed by atoms with Crippen LogP contribution in [0.25, 0.3) is 0 Å². The molecule has 1 aliphatic heterocycles. The standard InChI is InChI=1S/C12H21N3O/c1-3-15(9-10(2)8-13)12(16)7-11-5-4-6-14-11/h10-11,14H,3-7,9H2,1-2H3. The van der Waals surface area contributed by atoms with Crippen molar-refractivity contribution in [3.8, 4) is 6.07 Å². The zero-order chi connectivity index (χ0) is 12.0. The molecule has 4 nitrogen and oxygen atoms in total. The molecule has 0 aromatic rings. The number of rotatable bonds is 5. The molecule has 1 amide bonds. The Balaban J connectivity index is 2.39. The summed E-state index contributed by atoms with van der Waals surface area (Å²) >= 11 is 0. The summed E-state index contributed by atoms with van der Waals surface area (Å²) < 4.78 is 0. The van der Waals surface area contributed by atoms with Crippen molar-refractivity contribution in [1.82, 2.24) is 10.2 Å². The quantitative estimate of drug-likeness (QED) is 0.760. The van der Waals surface area contributed by atoms with Crippen LogP contribution >= 0.6 is 0 Å². The molecule has 1 aliphatic rings. The first-order valence-corrected chi connectivity index (χ1v) is 6.08. The molecule has 0 radical (unpaired) electrons. The van der Waals surface area contributed by atoms with Crippen LogP contribution in [0.1, 0.15) is 33.1 Å². The fraction of sp³-hybridized carbons (Fsp3) is 0.833. The van der Waals surface area contributed by atoms with Crippen LogP contribution in [0.3, 0.4) is 0 Å². The number of carbonyl (C=O) groups is 1. The number of amides is 1. The molecule has 16 heavy (non-hydrogen) atoms. The van der Waals surface area contributed by atoms with E-state index in [4.69, 9.17) is 5.26 Å². The number of hydrogen-bond acceptors (Lipinski definition) is 3. The summed E-state index contributed by atoms with van der Waals surface area (Å²) in [5.41, 5.74) is 0. The molecule has 1 N–H and O–H groups in total. The summed E-state index contributed by atoms with van der Waals surface area (Å²) in [6, 6.07) is 2.51. The number of carbonyl (C=O) groups excluding carboxylic acids is 1. The van der Waals surface area contributed by atoms with Gasteiger partial charge in [0.2, 0.25) is 5.91 Å². The largest absolute Gasteiger partial charge is 0.342 e. The highest BCUT2D eigenvalue weighted by Crippen LogP contribution is 2.11. The van der Waals surface area contributed by atoms with Gasteiger partial charge in [0, 0.05) is 25.6 Å². The van der Waals surface area contributed by atoms with E-state index < -0.39 is 0 Å². The van der Waals surface area contributed by atoms with Gasteiger partial charge in [-0.05, 0) is 33.2 Å². The van der Waals surface area contributed by atoms with Gasteiger partial charge in [-0.3, -0.25) is 4.79 Å². The third kappa shape index (κ3) is 3.82. The van der Waals surface area contributed by atoms with Crippen LogP contribution in [-0.4, -0.2) is 36.5 Å². The van der Waals surface area contributed by atoms with Crippen LogP contribution in [0.4, 0.5) is 0 Å². The van der Waals surface area contributed by atoms with Gasteiger partial charge >= 0.3 is 0 Å². The van der Waals surface area contributed by atoms with E-state index in [1.165, 1.54) is 6.42 Å². The van der Waals surface area contributed by atoms with Gasteiger partial charge in [-0.15, -0.1) is 0 Å². The summed E-state index contributed by atoms with van der Waals surface area (Å²) in [7, 11) is 0.